The Morgan fingerprint density at radius 1 is 1.12 bits per heavy atom. The van der Waals surface area contributed by atoms with Crippen molar-refractivity contribution in [2.24, 2.45) is 0 Å². The average Bonchev–Trinajstić information content (AvgIpc) is 3.33. The summed E-state index contributed by atoms with van der Waals surface area (Å²) in [6.07, 6.45) is 3.37. The molecule has 0 saturated carbocycles. The van der Waals surface area contributed by atoms with Gasteiger partial charge in [-0.1, -0.05) is 53.8 Å². The number of para-hydroxylation sites is 1. The van der Waals surface area contributed by atoms with Crippen molar-refractivity contribution in [1.82, 2.24) is 19.7 Å². The molecule has 2 aromatic carbocycles. The first kappa shape index (κ1) is 16.5. The number of benzene rings is 2. The molecule has 130 valence electrons. The Morgan fingerprint density at radius 2 is 1.88 bits per heavy atom. The van der Waals surface area contributed by atoms with Crippen molar-refractivity contribution in [3.8, 4) is 5.13 Å². The molecule has 0 aliphatic rings. The second kappa shape index (κ2) is 7.09. The van der Waals surface area contributed by atoms with E-state index in [1.165, 1.54) is 0 Å². The zero-order chi connectivity index (χ0) is 17.9. The molecule has 0 N–H and O–H groups in total. The fourth-order valence-corrected chi connectivity index (χ4v) is 3.71. The van der Waals surface area contributed by atoms with E-state index in [9.17, 15) is 4.79 Å². The lowest BCUT2D eigenvalue weighted by atomic mass is 10.2. The van der Waals surface area contributed by atoms with Crippen LogP contribution in [0.25, 0.3) is 15.3 Å². The Hall–Kier alpha value is -2.99. The fourth-order valence-electron chi connectivity index (χ4n) is 2.81. The summed E-state index contributed by atoms with van der Waals surface area (Å²) in [5, 5.41) is 5.10. The van der Waals surface area contributed by atoms with Crippen LogP contribution in [0.5, 0.6) is 0 Å². The van der Waals surface area contributed by atoms with Crippen molar-refractivity contribution in [2.45, 2.75) is 13.5 Å². The molecular weight excluding hydrogens is 344 g/mol. The van der Waals surface area contributed by atoms with Gasteiger partial charge in [-0.15, -0.1) is 0 Å². The maximum atomic E-state index is 12.9. The molecule has 0 radical (unpaired) electrons. The Labute approximate surface area is 155 Å². The van der Waals surface area contributed by atoms with E-state index in [4.69, 9.17) is 0 Å². The number of carbonyl (C=O) groups excluding carboxylic acids is 1. The van der Waals surface area contributed by atoms with Gasteiger partial charge in [-0.25, -0.2) is 9.67 Å². The maximum absolute atomic E-state index is 12.9. The van der Waals surface area contributed by atoms with E-state index in [2.05, 4.69) is 10.1 Å². The van der Waals surface area contributed by atoms with Crippen LogP contribution in [0.3, 0.4) is 0 Å². The van der Waals surface area contributed by atoms with Crippen LogP contribution in [0, 0.1) is 0 Å². The number of hydrogen-bond acceptors (Lipinski definition) is 4. The summed E-state index contributed by atoms with van der Waals surface area (Å²) in [6, 6.07) is 18.0. The van der Waals surface area contributed by atoms with E-state index in [1.54, 1.807) is 28.4 Å². The summed E-state index contributed by atoms with van der Waals surface area (Å²) >= 11 is 1.56. The molecule has 0 saturated heterocycles. The van der Waals surface area contributed by atoms with E-state index >= 15 is 0 Å². The fraction of sp³-hybridized carbons (Fsp3) is 0.150. The van der Waals surface area contributed by atoms with E-state index in [0.29, 0.717) is 18.7 Å². The van der Waals surface area contributed by atoms with Gasteiger partial charge in [0, 0.05) is 19.3 Å². The molecule has 0 bridgehead atoms. The van der Waals surface area contributed by atoms with Gasteiger partial charge in [0.25, 0.3) is 5.91 Å². The first-order valence-electron chi connectivity index (χ1n) is 8.48. The minimum atomic E-state index is -0.0243. The first-order valence-corrected chi connectivity index (χ1v) is 9.30. The molecular formula is C20H18N4OS. The molecule has 0 spiro atoms. The zero-order valence-electron chi connectivity index (χ0n) is 14.4. The topological polar surface area (TPSA) is 51.0 Å². The highest BCUT2D eigenvalue weighted by Crippen LogP contribution is 2.24. The van der Waals surface area contributed by atoms with Crippen LogP contribution in [0.15, 0.2) is 67.0 Å². The first-order chi connectivity index (χ1) is 12.7. The minimum Gasteiger partial charge on any atom is -0.335 e. The van der Waals surface area contributed by atoms with Crippen LogP contribution >= 0.6 is 11.3 Å². The van der Waals surface area contributed by atoms with Crippen molar-refractivity contribution >= 4 is 27.5 Å². The van der Waals surface area contributed by atoms with Crippen molar-refractivity contribution in [1.29, 1.82) is 0 Å². The number of nitrogens with zero attached hydrogens (tertiary/aromatic N) is 4. The van der Waals surface area contributed by atoms with Gasteiger partial charge >= 0.3 is 0 Å². The average molecular weight is 362 g/mol. The highest BCUT2D eigenvalue weighted by atomic mass is 32.1. The Bertz CT molecular complexity index is 1010. The van der Waals surface area contributed by atoms with Gasteiger partial charge in [0.1, 0.15) is 0 Å². The molecule has 26 heavy (non-hydrogen) atoms. The molecule has 4 aromatic rings. The third-order valence-corrected chi connectivity index (χ3v) is 5.22. The van der Waals surface area contributed by atoms with E-state index in [-0.39, 0.29) is 5.91 Å². The van der Waals surface area contributed by atoms with Crippen molar-refractivity contribution < 1.29 is 4.79 Å². The Kier molecular flexibility index (Phi) is 4.50. The number of aromatic nitrogens is 3. The van der Waals surface area contributed by atoms with E-state index in [1.807, 2.05) is 66.4 Å². The molecule has 2 heterocycles. The number of amides is 1. The summed E-state index contributed by atoms with van der Waals surface area (Å²) in [5.74, 6) is -0.0243. The molecule has 4 rings (SSSR count). The number of hydrogen-bond donors (Lipinski definition) is 0. The zero-order valence-corrected chi connectivity index (χ0v) is 15.2. The second-order valence-corrected chi connectivity index (χ2v) is 6.95. The largest absolute Gasteiger partial charge is 0.335 e. The molecule has 1 amide bonds. The number of fused-ring (bicyclic) bond motifs is 1. The van der Waals surface area contributed by atoms with Crippen molar-refractivity contribution in [2.75, 3.05) is 6.54 Å². The molecule has 5 nitrogen and oxygen atoms in total. The molecule has 0 fully saturated rings. The molecule has 0 unspecified atom stereocenters. The molecule has 6 heteroatoms. The van der Waals surface area contributed by atoms with Crippen LogP contribution < -0.4 is 0 Å². The lowest BCUT2D eigenvalue weighted by molar-refractivity contribution is 0.0752. The van der Waals surface area contributed by atoms with Gasteiger partial charge in [-0.3, -0.25) is 4.79 Å². The lowest BCUT2D eigenvalue weighted by Crippen LogP contribution is -2.30. The maximum Gasteiger partial charge on any atom is 0.257 e. The quantitative estimate of drug-likeness (QED) is 0.536. The SMILES string of the molecule is CCN(Cc1ccccc1)C(=O)c1cnn(-c2nc3ccccc3s2)c1. The Balaban J connectivity index is 1.57. The molecule has 0 aliphatic carbocycles. The predicted octanol–water partition coefficient (Wildman–Crippen LogP) is 4.14. The normalized spacial score (nSPS) is 11.0. The third-order valence-electron chi connectivity index (χ3n) is 4.19. The monoisotopic (exact) mass is 362 g/mol. The molecule has 0 atom stereocenters. The van der Waals surface area contributed by atoms with Crippen LogP contribution in [-0.2, 0) is 6.54 Å². The number of carbonyl (C=O) groups is 1. The van der Waals surface area contributed by atoms with Crippen LogP contribution in [0.2, 0.25) is 0 Å². The third kappa shape index (κ3) is 3.23. The highest BCUT2D eigenvalue weighted by Gasteiger charge is 2.17. The number of rotatable bonds is 5. The van der Waals surface area contributed by atoms with Gasteiger partial charge in [0.2, 0.25) is 5.13 Å². The van der Waals surface area contributed by atoms with Gasteiger partial charge in [0.05, 0.1) is 22.0 Å². The summed E-state index contributed by atoms with van der Waals surface area (Å²) in [5.41, 5.74) is 2.62. The van der Waals surface area contributed by atoms with Crippen molar-refractivity contribution in [3.63, 3.8) is 0 Å². The van der Waals surface area contributed by atoms with E-state index in [0.717, 1.165) is 20.9 Å². The predicted molar refractivity (Wildman–Crippen MR) is 104 cm³/mol. The smallest absolute Gasteiger partial charge is 0.257 e. The van der Waals surface area contributed by atoms with Crippen molar-refractivity contribution in [3.05, 3.63) is 78.1 Å². The summed E-state index contributed by atoms with van der Waals surface area (Å²) < 4.78 is 2.78. The summed E-state index contributed by atoms with van der Waals surface area (Å²) in [7, 11) is 0. The minimum absolute atomic E-state index is 0.0243. The Morgan fingerprint density at radius 3 is 2.65 bits per heavy atom. The van der Waals surface area contributed by atoms with Crippen LogP contribution in [0.4, 0.5) is 0 Å². The van der Waals surface area contributed by atoms with Gasteiger partial charge in [0.15, 0.2) is 0 Å². The van der Waals surface area contributed by atoms with Crippen LogP contribution in [-0.4, -0.2) is 32.1 Å². The van der Waals surface area contributed by atoms with E-state index < -0.39 is 0 Å². The molecule has 2 aromatic heterocycles. The standard InChI is InChI=1S/C20H18N4OS/c1-2-23(13-15-8-4-3-5-9-15)19(25)16-12-21-24(14-16)20-22-17-10-6-7-11-18(17)26-20/h3-12,14H,2,13H2,1H3. The second-order valence-electron chi connectivity index (χ2n) is 5.94. The van der Waals surface area contributed by atoms with Gasteiger partial charge in [-0.05, 0) is 24.6 Å². The highest BCUT2D eigenvalue weighted by molar-refractivity contribution is 7.20. The van der Waals surface area contributed by atoms with Gasteiger partial charge in [-0.2, -0.15) is 5.10 Å². The summed E-state index contributed by atoms with van der Waals surface area (Å²) in [4.78, 5) is 19.2. The number of thiazole rings is 1. The van der Waals surface area contributed by atoms with Crippen LogP contribution in [0.1, 0.15) is 22.8 Å². The lowest BCUT2D eigenvalue weighted by Gasteiger charge is -2.20. The molecule has 0 aliphatic heterocycles. The van der Waals surface area contributed by atoms with Gasteiger partial charge < -0.3 is 4.90 Å². The summed E-state index contributed by atoms with van der Waals surface area (Å²) in [6.45, 7) is 3.21.